The maximum atomic E-state index is 11.8. The monoisotopic (exact) mass is 268 g/mol. The molecule has 1 aromatic rings. The van der Waals surface area contributed by atoms with Crippen molar-refractivity contribution in [1.82, 2.24) is 0 Å². The van der Waals surface area contributed by atoms with E-state index in [2.05, 4.69) is 0 Å². The van der Waals surface area contributed by atoms with E-state index in [-0.39, 0.29) is 6.61 Å². The van der Waals surface area contributed by atoms with Crippen molar-refractivity contribution in [3.8, 4) is 0 Å². The Kier molecular flexibility index (Phi) is 3.43. The number of esters is 1. The molecule has 1 fully saturated rings. The average Bonchev–Trinajstić information content (AvgIpc) is 3.07. The van der Waals surface area contributed by atoms with E-state index in [1.54, 1.807) is 6.92 Å². The number of sulfone groups is 1. The van der Waals surface area contributed by atoms with Crippen molar-refractivity contribution in [2.75, 3.05) is 5.75 Å². The summed E-state index contributed by atoms with van der Waals surface area (Å²) in [7, 11) is -3.36. The van der Waals surface area contributed by atoms with Crippen LogP contribution in [0.5, 0.6) is 0 Å². The SMILES string of the molecule is CC1(S(=O)(=O)CC(=O)OCc2ccccc2)CC1. The van der Waals surface area contributed by atoms with Gasteiger partial charge in [0.25, 0.3) is 0 Å². The van der Waals surface area contributed by atoms with E-state index in [1.165, 1.54) is 0 Å². The van der Waals surface area contributed by atoms with E-state index < -0.39 is 26.3 Å². The van der Waals surface area contributed by atoms with Gasteiger partial charge in [0.1, 0.15) is 12.4 Å². The van der Waals surface area contributed by atoms with E-state index >= 15 is 0 Å². The third kappa shape index (κ3) is 2.90. The van der Waals surface area contributed by atoms with Gasteiger partial charge < -0.3 is 4.74 Å². The molecule has 0 amide bonds. The second-order valence-electron chi connectivity index (χ2n) is 4.86. The molecule has 0 heterocycles. The van der Waals surface area contributed by atoms with Gasteiger partial charge in [0.05, 0.1) is 4.75 Å². The topological polar surface area (TPSA) is 60.4 Å². The minimum Gasteiger partial charge on any atom is -0.460 e. The highest BCUT2D eigenvalue weighted by molar-refractivity contribution is 7.93. The smallest absolute Gasteiger partial charge is 0.321 e. The molecule has 1 aliphatic rings. The van der Waals surface area contributed by atoms with Crippen molar-refractivity contribution < 1.29 is 17.9 Å². The van der Waals surface area contributed by atoms with Crippen LogP contribution in [-0.4, -0.2) is 24.9 Å². The number of hydrogen-bond donors (Lipinski definition) is 0. The summed E-state index contributed by atoms with van der Waals surface area (Å²) >= 11 is 0. The first-order chi connectivity index (χ1) is 8.43. The fourth-order valence-corrected chi connectivity index (χ4v) is 3.06. The number of hydrogen-bond acceptors (Lipinski definition) is 4. The molecule has 0 bridgehead atoms. The molecule has 0 atom stereocenters. The summed E-state index contributed by atoms with van der Waals surface area (Å²) in [5, 5.41) is 0. The molecule has 0 saturated heterocycles. The zero-order chi connectivity index (χ0) is 13.2. The van der Waals surface area contributed by atoms with Crippen LogP contribution in [-0.2, 0) is 26.0 Å². The summed E-state index contributed by atoms with van der Waals surface area (Å²) in [6.45, 7) is 1.79. The molecular formula is C13H16O4S. The van der Waals surface area contributed by atoms with Crippen LogP contribution in [0.4, 0.5) is 0 Å². The molecule has 0 radical (unpaired) electrons. The molecule has 1 saturated carbocycles. The quantitative estimate of drug-likeness (QED) is 0.763. The van der Waals surface area contributed by atoms with Gasteiger partial charge in [-0.3, -0.25) is 4.79 Å². The standard InChI is InChI=1S/C13H16O4S/c1-13(7-8-13)18(15,16)10-12(14)17-9-11-5-3-2-4-6-11/h2-6H,7-10H2,1H3. The zero-order valence-corrected chi connectivity index (χ0v) is 11.1. The molecule has 0 unspecified atom stereocenters. The predicted molar refractivity (Wildman–Crippen MR) is 67.7 cm³/mol. The van der Waals surface area contributed by atoms with Crippen molar-refractivity contribution in [2.24, 2.45) is 0 Å². The molecular weight excluding hydrogens is 252 g/mol. The maximum Gasteiger partial charge on any atom is 0.321 e. The normalized spacial score (nSPS) is 17.2. The summed E-state index contributed by atoms with van der Waals surface area (Å²) in [5.74, 6) is -1.19. The molecule has 0 aromatic heterocycles. The van der Waals surface area contributed by atoms with E-state index in [4.69, 9.17) is 4.74 Å². The lowest BCUT2D eigenvalue weighted by atomic mass is 10.2. The van der Waals surface area contributed by atoms with Gasteiger partial charge in [-0.15, -0.1) is 0 Å². The van der Waals surface area contributed by atoms with Crippen LogP contribution < -0.4 is 0 Å². The van der Waals surface area contributed by atoms with Gasteiger partial charge in [0.15, 0.2) is 9.84 Å². The molecule has 98 valence electrons. The van der Waals surface area contributed by atoms with E-state index in [0.717, 1.165) is 5.56 Å². The van der Waals surface area contributed by atoms with Crippen molar-refractivity contribution in [1.29, 1.82) is 0 Å². The van der Waals surface area contributed by atoms with Crippen LogP contribution in [0, 0.1) is 0 Å². The minimum atomic E-state index is -3.36. The lowest BCUT2D eigenvalue weighted by Gasteiger charge is -2.10. The van der Waals surface area contributed by atoms with Gasteiger partial charge in [-0.05, 0) is 25.3 Å². The van der Waals surface area contributed by atoms with E-state index in [1.807, 2.05) is 30.3 Å². The second kappa shape index (κ2) is 4.72. The molecule has 0 aliphatic heterocycles. The number of benzene rings is 1. The van der Waals surface area contributed by atoms with Gasteiger partial charge in [-0.25, -0.2) is 8.42 Å². The van der Waals surface area contributed by atoms with Crippen molar-refractivity contribution >= 4 is 15.8 Å². The van der Waals surface area contributed by atoms with Gasteiger partial charge in [-0.2, -0.15) is 0 Å². The zero-order valence-electron chi connectivity index (χ0n) is 10.3. The lowest BCUT2D eigenvalue weighted by molar-refractivity contribution is -0.141. The number of rotatable bonds is 5. The molecule has 2 rings (SSSR count). The molecule has 18 heavy (non-hydrogen) atoms. The van der Waals surface area contributed by atoms with E-state index in [9.17, 15) is 13.2 Å². The number of ether oxygens (including phenoxy) is 1. The molecule has 0 N–H and O–H groups in total. The summed E-state index contributed by atoms with van der Waals surface area (Å²) in [4.78, 5) is 11.5. The fraction of sp³-hybridized carbons (Fsp3) is 0.462. The highest BCUT2D eigenvalue weighted by atomic mass is 32.2. The third-order valence-corrected chi connectivity index (χ3v) is 5.78. The summed E-state index contributed by atoms with van der Waals surface area (Å²) in [5.41, 5.74) is 0.848. The minimum absolute atomic E-state index is 0.117. The Labute approximate surface area is 107 Å². The van der Waals surface area contributed by atoms with Gasteiger partial charge in [0, 0.05) is 0 Å². The molecule has 1 aromatic carbocycles. The summed E-state index contributed by atoms with van der Waals surface area (Å²) in [6, 6.07) is 9.19. The van der Waals surface area contributed by atoms with Crippen LogP contribution >= 0.6 is 0 Å². The Morgan fingerprint density at radius 3 is 2.44 bits per heavy atom. The summed E-state index contributed by atoms with van der Waals surface area (Å²) in [6.07, 6.45) is 1.28. The van der Waals surface area contributed by atoms with Crippen molar-refractivity contribution in [3.63, 3.8) is 0 Å². The average molecular weight is 268 g/mol. The largest absolute Gasteiger partial charge is 0.460 e. The molecule has 1 aliphatic carbocycles. The highest BCUT2D eigenvalue weighted by Crippen LogP contribution is 2.43. The first-order valence-corrected chi connectivity index (χ1v) is 7.50. The molecule has 5 heteroatoms. The Morgan fingerprint density at radius 1 is 1.28 bits per heavy atom. The van der Waals surface area contributed by atoms with Gasteiger partial charge in [-0.1, -0.05) is 30.3 Å². The Bertz CT molecular complexity index is 529. The Balaban J connectivity index is 1.86. The predicted octanol–water partition coefficient (Wildman–Crippen LogP) is 1.70. The van der Waals surface area contributed by atoms with Gasteiger partial charge >= 0.3 is 5.97 Å². The second-order valence-corrected chi connectivity index (χ2v) is 7.36. The van der Waals surface area contributed by atoms with Gasteiger partial charge in [0.2, 0.25) is 0 Å². The highest BCUT2D eigenvalue weighted by Gasteiger charge is 2.50. The fourth-order valence-electron chi connectivity index (χ4n) is 1.60. The Hall–Kier alpha value is -1.36. The summed E-state index contributed by atoms with van der Waals surface area (Å²) < 4.78 is 27.9. The lowest BCUT2D eigenvalue weighted by Crippen LogP contribution is -2.28. The van der Waals surface area contributed by atoms with Crippen molar-refractivity contribution in [3.05, 3.63) is 35.9 Å². The maximum absolute atomic E-state index is 11.8. The molecule has 0 spiro atoms. The van der Waals surface area contributed by atoms with E-state index in [0.29, 0.717) is 12.8 Å². The number of carbonyl (C=O) groups excluding carboxylic acids is 1. The third-order valence-electron chi connectivity index (χ3n) is 3.26. The van der Waals surface area contributed by atoms with Crippen LogP contribution in [0.15, 0.2) is 30.3 Å². The first kappa shape index (κ1) is 13.1. The number of carbonyl (C=O) groups is 1. The van der Waals surface area contributed by atoms with Crippen LogP contribution in [0.3, 0.4) is 0 Å². The Morgan fingerprint density at radius 2 is 1.89 bits per heavy atom. The van der Waals surface area contributed by atoms with Crippen LogP contribution in [0.2, 0.25) is 0 Å². The first-order valence-electron chi connectivity index (χ1n) is 5.85. The molecule has 4 nitrogen and oxygen atoms in total. The van der Waals surface area contributed by atoms with Crippen LogP contribution in [0.1, 0.15) is 25.3 Å². The van der Waals surface area contributed by atoms with Crippen LogP contribution in [0.25, 0.3) is 0 Å². The van der Waals surface area contributed by atoms with Crippen molar-refractivity contribution in [2.45, 2.75) is 31.1 Å².